The molecule has 0 aliphatic rings. The smallest absolute Gasteiger partial charge is 0.180 e. The van der Waals surface area contributed by atoms with Gasteiger partial charge in [0, 0.05) is 30.4 Å². The van der Waals surface area contributed by atoms with Crippen molar-refractivity contribution in [2.24, 2.45) is 0 Å². The van der Waals surface area contributed by atoms with E-state index in [1.54, 1.807) is 24.3 Å². The first-order valence-corrected chi connectivity index (χ1v) is 19.1. The maximum Gasteiger partial charge on any atom is 0.180 e. The molecule has 0 heterocycles. The van der Waals surface area contributed by atoms with Crippen LogP contribution in [0.1, 0.15) is 33.6 Å². The maximum absolute atomic E-state index is 12.1. The standard InChI is InChI=1S/C39H50O10S/c1-5-8-21-47-34-16-20-37-31(28-34)11-19-36(30-9-17-35(18-10-30)50(4,40)41)39(37)49-33-14-12-32(13-15-33)48-27-26-43-23-22-42-24-25-44-29-38(45-6-2)46-7-3/h9-20,28,38H,5-8,21-27,29H2,1-4H3. The SMILES string of the molecule is CCCCOc1ccc2c(Oc3ccc(OCCOCCOCCOCC(OCC)OCC)cc3)c(-c3ccc(S(C)(=O)=O)cc3)ccc2c1. The second kappa shape index (κ2) is 20.8. The number of fused-ring (bicyclic) bond motifs is 1. The van der Waals surface area contributed by atoms with Crippen LogP contribution in [0.25, 0.3) is 21.9 Å². The van der Waals surface area contributed by atoms with Crippen molar-refractivity contribution < 1.29 is 46.3 Å². The first-order chi connectivity index (χ1) is 24.3. The Balaban J connectivity index is 1.30. The lowest BCUT2D eigenvalue weighted by Gasteiger charge is -2.16. The molecule has 0 fully saturated rings. The van der Waals surface area contributed by atoms with Crippen LogP contribution in [-0.2, 0) is 33.5 Å². The van der Waals surface area contributed by atoms with Crippen LogP contribution in [0.4, 0.5) is 0 Å². The fourth-order valence-electron chi connectivity index (χ4n) is 5.00. The average Bonchev–Trinajstić information content (AvgIpc) is 3.11. The first kappa shape index (κ1) is 39.1. The molecular weight excluding hydrogens is 660 g/mol. The molecule has 4 aromatic carbocycles. The van der Waals surface area contributed by atoms with Crippen molar-refractivity contribution in [3.63, 3.8) is 0 Å². The molecule has 10 nitrogen and oxygen atoms in total. The average molecular weight is 711 g/mol. The third-order valence-corrected chi connectivity index (χ3v) is 8.67. The molecule has 0 aliphatic carbocycles. The largest absolute Gasteiger partial charge is 0.494 e. The molecule has 0 N–H and O–H groups in total. The Morgan fingerprint density at radius 2 is 1.22 bits per heavy atom. The van der Waals surface area contributed by atoms with Crippen molar-refractivity contribution in [3.8, 4) is 34.1 Å². The summed E-state index contributed by atoms with van der Waals surface area (Å²) in [6, 6.07) is 24.2. The van der Waals surface area contributed by atoms with Crippen LogP contribution in [0.5, 0.6) is 23.0 Å². The predicted octanol–water partition coefficient (Wildman–Crippen LogP) is 7.71. The van der Waals surface area contributed by atoms with Crippen LogP contribution in [0.3, 0.4) is 0 Å². The van der Waals surface area contributed by atoms with Gasteiger partial charge < -0.3 is 37.9 Å². The Morgan fingerprint density at radius 3 is 1.86 bits per heavy atom. The number of ether oxygens (including phenoxy) is 8. The molecule has 0 amide bonds. The summed E-state index contributed by atoms with van der Waals surface area (Å²) in [5.41, 5.74) is 1.67. The Labute approximate surface area is 296 Å². The Bertz CT molecular complexity index is 1670. The van der Waals surface area contributed by atoms with Gasteiger partial charge in [-0.1, -0.05) is 31.5 Å². The van der Waals surface area contributed by atoms with Gasteiger partial charge >= 0.3 is 0 Å². The van der Waals surface area contributed by atoms with E-state index in [9.17, 15) is 8.42 Å². The lowest BCUT2D eigenvalue weighted by atomic mass is 9.99. The van der Waals surface area contributed by atoms with Gasteiger partial charge in [-0.2, -0.15) is 0 Å². The van der Waals surface area contributed by atoms with E-state index in [0.29, 0.717) is 83.3 Å². The van der Waals surface area contributed by atoms with E-state index in [4.69, 9.17) is 37.9 Å². The highest BCUT2D eigenvalue weighted by Gasteiger charge is 2.15. The van der Waals surface area contributed by atoms with Crippen LogP contribution in [0.15, 0.2) is 83.8 Å². The van der Waals surface area contributed by atoms with Crippen molar-refractivity contribution in [2.75, 3.05) is 72.3 Å². The van der Waals surface area contributed by atoms with Gasteiger partial charge in [0.15, 0.2) is 16.1 Å². The number of hydrogen-bond donors (Lipinski definition) is 0. The zero-order chi connectivity index (χ0) is 35.6. The van der Waals surface area contributed by atoms with Gasteiger partial charge in [-0.05, 0) is 91.9 Å². The topological polar surface area (TPSA) is 108 Å². The van der Waals surface area contributed by atoms with Crippen LogP contribution in [-0.4, -0.2) is 87.0 Å². The zero-order valence-corrected chi connectivity index (χ0v) is 30.4. The Hall–Kier alpha value is -3.71. The first-order valence-electron chi connectivity index (χ1n) is 17.2. The molecule has 4 rings (SSSR count). The van der Waals surface area contributed by atoms with Gasteiger partial charge in [-0.3, -0.25) is 0 Å². The molecule has 0 atom stereocenters. The van der Waals surface area contributed by atoms with E-state index in [0.717, 1.165) is 40.5 Å². The molecule has 0 radical (unpaired) electrons. The molecule has 0 aliphatic heterocycles. The van der Waals surface area contributed by atoms with E-state index in [1.807, 2.05) is 68.4 Å². The Morgan fingerprint density at radius 1 is 0.620 bits per heavy atom. The van der Waals surface area contributed by atoms with Crippen molar-refractivity contribution in [1.29, 1.82) is 0 Å². The molecular formula is C39H50O10S. The zero-order valence-electron chi connectivity index (χ0n) is 29.6. The molecule has 272 valence electrons. The van der Waals surface area contributed by atoms with Crippen molar-refractivity contribution >= 4 is 20.6 Å². The van der Waals surface area contributed by atoms with Crippen LogP contribution in [0, 0.1) is 0 Å². The number of unbranched alkanes of at least 4 members (excludes halogenated alkanes) is 1. The van der Waals surface area contributed by atoms with E-state index >= 15 is 0 Å². The van der Waals surface area contributed by atoms with E-state index in [1.165, 1.54) is 6.26 Å². The second-order valence-corrected chi connectivity index (χ2v) is 13.4. The van der Waals surface area contributed by atoms with E-state index in [2.05, 4.69) is 6.92 Å². The summed E-state index contributed by atoms with van der Waals surface area (Å²) in [4.78, 5) is 0.263. The van der Waals surface area contributed by atoms with Crippen molar-refractivity contribution in [1.82, 2.24) is 0 Å². The highest BCUT2D eigenvalue weighted by Crippen LogP contribution is 2.41. The number of sulfone groups is 1. The molecule has 50 heavy (non-hydrogen) atoms. The van der Waals surface area contributed by atoms with Gasteiger partial charge in [0.25, 0.3) is 0 Å². The monoisotopic (exact) mass is 710 g/mol. The summed E-state index contributed by atoms with van der Waals surface area (Å²) >= 11 is 0. The molecule has 0 saturated carbocycles. The summed E-state index contributed by atoms with van der Waals surface area (Å²) < 4.78 is 70.1. The van der Waals surface area contributed by atoms with E-state index < -0.39 is 9.84 Å². The molecule has 0 aromatic heterocycles. The summed E-state index contributed by atoms with van der Waals surface area (Å²) in [6.07, 6.45) is 2.90. The van der Waals surface area contributed by atoms with Gasteiger partial charge in [-0.25, -0.2) is 8.42 Å². The Kier molecular flexibility index (Phi) is 16.3. The quantitative estimate of drug-likeness (QED) is 0.0530. The second-order valence-electron chi connectivity index (χ2n) is 11.4. The summed E-state index contributed by atoms with van der Waals surface area (Å²) in [7, 11) is -3.32. The fraction of sp³-hybridized carbons (Fsp3) is 0.436. The highest BCUT2D eigenvalue weighted by molar-refractivity contribution is 7.90. The maximum atomic E-state index is 12.1. The third kappa shape index (κ3) is 12.6. The lowest BCUT2D eigenvalue weighted by Crippen LogP contribution is -2.24. The minimum Gasteiger partial charge on any atom is -0.494 e. The molecule has 11 heteroatoms. The van der Waals surface area contributed by atoms with Crippen molar-refractivity contribution in [2.45, 2.75) is 44.8 Å². The molecule has 4 aromatic rings. The molecule has 0 bridgehead atoms. The van der Waals surface area contributed by atoms with Crippen molar-refractivity contribution in [3.05, 3.63) is 78.9 Å². The number of rotatable bonds is 24. The molecule has 0 spiro atoms. The summed E-state index contributed by atoms with van der Waals surface area (Å²) in [6.45, 7) is 10.8. The minimum absolute atomic E-state index is 0.263. The highest BCUT2D eigenvalue weighted by atomic mass is 32.2. The van der Waals surface area contributed by atoms with Crippen LogP contribution >= 0.6 is 0 Å². The predicted molar refractivity (Wildman–Crippen MR) is 194 cm³/mol. The van der Waals surface area contributed by atoms with Gasteiger partial charge in [0.2, 0.25) is 0 Å². The normalized spacial score (nSPS) is 11.7. The molecule has 0 unspecified atom stereocenters. The number of hydrogen-bond acceptors (Lipinski definition) is 10. The fourth-order valence-corrected chi connectivity index (χ4v) is 5.63. The van der Waals surface area contributed by atoms with Crippen LogP contribution in [0.2, 0.25) is 0 Å². The van der Waals surface area contributed by atoms with E-state index in [-0.39, 0.29) is 11.2 Å². The molecule has 0 saturated heterocycles. The van der Waals surface area contributed by atoms with Gasteiger partial charge in [0.05, 0.1) is 51.1 Å². The lowest BCUT2D eigenvalue weighted by molar-refractivity contribution is -0.169. The third-order valence-electron chi connectivity index (χ3n) is 7.55. The summed E-state index contributed by atoms with van der Waals surface area (Å²) in [5.74, 6) is 2.78. The minimum atomic E-state index is -3.32. The summed E-state index contributed by atoms with van der Waals surface area (Å²) in [5, 5.41) is 1.88. The van der Waals surface area contributed by atoms with Crippen LogP contribution < -0.4 is 14.2 Å². The van der Waals surface area contributed by atoms with Gasteiger partial charge in [-0.15, -0.1) is 0 Å². The van der Waals surface area contributed by atoms with Gasteiger partial charge in [0.1, 0.15) is 29.6 Å². The number of benzene rings is 4.